The van der Waals surface area contributed by atoms with Crippen LogP contribution in [0.1, 0.15) is 18.1 Å². The molecule has 0 amide bonds. The van der Waals surface area contributed by atoms with Crippen molar-refractivity contribution in [2.45, 2.75) is 18.7 Å². The Balaban J connectivity index is 2.43. The van der Waals surface area contributed by atoms with E-state index in [0.717, 1.165) is 5.56 Å². The van der Waals surface area contributed by atoms with Gasteiger partial charge in [-0.05, 0) is 32.0 Å². The third kappa shape index (κ3) is 3.11. The van der Waals surface area contributed by atoms with Gasteiger partial charge in [-0.3, -0.25) is 0 Å². The molecule has 0 aliphatic carbocycles. The molecule has 0 fully saturated rings. The smallest absolute Gasteiger partial charge is 0.206 e. The summed E-state index contributed by atoms with van der Waals surface area (Å²) >= 11 is 0. The molecule has 2 aromatic carbocycles. The van der Waals surface area contributed by atoms with Crippen molar-refractivity contribution in [1.82, 2.24) is 0 Å². The molecule has 0 spiro atoms. The zero-order valence-electron chi connectivity index (χ0n) is 11.2. The molecule has 5 heteroatoms. The van der Waals surface area contributed by atoms with E-state index in [0.29, 0.717) is 0 Å². The second-order valence-electron chi connectivity index (χ2n) is 4.44. The predicted molar refractivity (Wildman–Crippen MR) is 77.0 cm³/mol. The van der Waals surface area contributed by atoms with Gasteiger partial charge in [0.2, 0.25) is 0 Å². The van der Waals surface area contributed by atoms with Crippen LogP contribution in [0.4, 0.5) is 4.39 Å². The van der Waals surface area contributed by atoms with Crippen molar-refractivity contribution in [2.24, 2.45) is 4.40 Å². The van der Waals surface area contributed by atoms with Crippen molar-refractivity contribution in [3.8, 4) is 0 Å². The standard InChI is InChI=1S/C15H14FNO2S/c1-11-7-9-13(10-8-11)20(18,19)17-12(2)14-5-3-4-6-15(14)16/h3-10H,1-2H3/b17-12-. The Morgan fingerprint density at radius 1 is 1.05 bits per heavy atom. The van der Waals surface area contributed by atoms with Crippen LogP contribution in [-0.2, 0) is 10.0 Å². The SMILES string of the molecule is C/C(=N/S(=O)(=O)c1ccc(C)cc1)c1ccccc1F. The second kappa shape index (κ2) is 5.54. The summed E-state index contributed by atoms with van der Waals surface area (Å²) in [4.78, 5) is 0.0961. The van der Waals surface area contributed by atoms with Crippen LogP contribution < -0.4 is 0 Å². The van der Waals surface area contributed by atoms with Crippen molar-refractivity contribution in [2.75, 3.05) is 0 Å². The van der Waals surface area contributed by atoms with Gasteiger partial charge in [0.1, 0.15) is 5.82 Å². The number of hydrogen-bond donors (Lipinski definition) is 0. The van der Waals surface area contributed by atoms with Crippen molar-refractivity contribution in [3.05, 3.63) is 65.5 Å². The fourth-order valence-electron chi connectivity index (χ4n) is 1.75. The normalized spacial score (nSPS) is 12.4. The zero-order chi connectivity index (χ0) is 14.8. The third-order valence-corrected chi connectivity index (χ3v) is 4.22. The summed E-state index contributed by atoms with van der Waals surface area (Å²) in [6.45, 7) is 3.34. The fraction of sp³-hybridized carbons (Fsp3) is 0.133. The number of benzene rings is 2. The van der Waals surface area contributed by atoms with Crippen LogP contribution in [0, 0.1) is 12.7 Å². The van der Waals surface area contributed by atoms with E-state index in [1.165, 1.54) is 31.2 Å². The highest BCUT2D eigenvalue weighted by Crippen LogP contribution is 2.16. The maximum atomic E-state index is 13.6. The monoisotopic (exact) mass is 291 g/mol. The van der Waals surface area contributed by atoms with E-state index < -0.39 is 15.8 Å². The topological polar surface area (TPSA) is 46.5 Å². The molecule has 0 radical (unpaired) electrons. The van der Waals surface area contributed by atoms with E-state index in [-0.39, 0.29) is 16.2 Å². The maximum absolute atomic E-state index is 13.6. The number of sulfonamides is 1. The van der Waals surface area contributed by atoms with Crippen LogP contribution in [0.15, 0.2) is 57.8 Å². The lowest BCUT2D eigenvalue weighted by molar-refractivity contribution is 0.598. The summed E-state index contributed by atoms with van der Waals surface area (Å²) in [6, 6.07) is 12.3. The van der Waals surface area contributed by atoms with Gasteiger partial charge in [-0.15, -0.1) is 0 Å². The minimum Gasteiger partial charge on any atom is -0.206 e. The lowest BCUT2D eigenvalue weighted by Crippen LogP contribution is -2.05. The van der Waals surface area contributed by atoms with E-state index in [2.05, 4.69) is 4.40 Å². The molecule has 0 atom stereocenters. The fourth-order valence-corrected chi connectivity index (χ4v) is 2.79. The van der Waals surface area contributed by atoms with Crippen LogP contribution in [0.2, 0.25) is 0 Å². The maximum Gasteiger partial charge on any atom is 0.282 e. The summed E-state index contributed by atoms with van der Waals surface area (Å²) < 4.78 is 41.5. The van der Waals surface area contributed by atoms with Crippen molar-refractivity contribution in [1.29, 1.82) is 0 Å². The minimum atomic E-state index is -3.82. The van der Waals surface area contributed by atoms with Crippen LogP contribution in [0.5, 0.6) is 0 Å². The minimum absolute atomic E-state index is 0.0961. The Kier molecular flexibility index (Phi) is 3.99. The van der Waals surface area contributed by atoms with E-state index in [1.807, 2.05) is 6.92 Å². The Hall–Kier alpha value is -2.01. The van der Waals surface area contributed by atoms with Gasteiger partial charge in [0.15, 0.2) is 0 Å². The number of aryl methyl sites for hydroxylation is 1. The van der Waals surface area contributed by atoms with Gasteiger partial charge < -0.3 is 0 Å². The summed E-state index contributed by atoms with van der Waals surface area (Å²) in [7, 11) is -3.82. The largest absolute Gasteiger partial charge is 0.282 e. The number of nitrogens with zero attached hydrogens (tertiary/aromatic N) is 1. The van der Waals surface area contributed by atoms with E-state index in [4.69, 9.17) is 0 Å². The first-order valence-corrected chi connectivity index (χ1v) is 7.47. The van der Waals surface area contributed by atoms with Gasteiger partial charge in [0.25, 0.3) is 10.0 Å². The first-order chi connectivity index (χ1) is 9.40. The summed E-state index contributed by atoms with van der Waals surface area (Å²) in [6.07, 6.45) is 0. The van der Waals surface area contributed by atoms with Crippen molar-refractivity contribution in [3.63, 3.8) is 0 Å². The Morgan fingerprint density at radius 2 is 1.65 bits per heavy atom. The van der Waals surface area contributed by atoms with E-state index in [1.54, 1.807) is 24.3 Å². The zero-order valence-corrected chi connectivity index (χ0v) is 12.0. The van der Waals surface area contributed by atoms with Gasteiger partial charge in [0.05, 0.1) is 10.6 Å². The predicted octanol–water partition coefficient (Wildman–Crippen LogP) is 3.33. The molecule has 2 aromatic rings. The van der Waals surface area contributed by atoms with Gasteiger partial charge in [0, 0.05) is 5.56 Å². The molecule has 0 bridgehead atoms. The average Bonchev–Trinajstić information content (AvgIpc) is 2.39. The summed E-state index contributed by atoms with van der Waals surface area (Å²) in [5, 5.41) is 0. The molecular weight excluding hydrogens is 277 g/mol. The van der Waals surface area contributed by atoms with Gasteiger partial charge in [-0.2, -0.15) is 12.8 Å². The highest BCUT2D eigenvalue weighted by Gasteiger charge is 2.14. The molecule has 0 saturated carbocycles. The van der Waals surface area contributed by atoms with Crippen LogP contribution in [0.3, 0.4) is 0 Å². The second-order valence-corrected chi connectivity index (χ2v) is 6.05. The van der Waals surface area contributed by atoms with Crippen LogP contribution in [-0.4, -0.2) is 14.1 Å². The number of rotatable bonds is 3. The lowest BCUT2D eigenvalue weighted by atomic mass is 10.1. The molecule has 20 heavy (non-hydrogen) atoms. The van der Waals surface area contributed by atoms with E-state index >= 15 is 0 Å². The van der Waals surface area contributed by atoms with Gasteiger partial charge in [-0.25, -0.2) is 4.39 Å². The Morgan fingerprint density at radius 3 is 2.25 bits per heavy atom. The molecule has 0 aliphatic rings. The summed E-state index contributed by atoms with van der Waals surface area (Å²) in [5.74, 6) is -0.493. The Labute approximate surface area is 117 Å². The number of hydrogen-bond acceptors (Lipinski definition) is 2. The van der Waals surface area contributed by atoms with Crippen LogP contribution in [0.25, 0.3) is 0 Å². The molecule has 104 valence electrons. The highest BCUT2D eigenvalue weighted by atomic mass is 32.2. The molecule has 0 unspecified atom stereocenters. The average molecular weight is 291 g/mol. The first kappa shape index (κ1) is 14.4. The van der Waals surface area contributed by atoms with Crippen molar-refractivity contribution < 1.29 is 12.8 Å². The van der Waals surface area contributed by atoms with Gasteiger partial charge >= 0.3 is 0 Å². The van der Waals surface area contributed by atoms with Gasteiger partial charge in [-0.1, -0.05) is 35.9 Å². The molecular formula is C15H14FNO2S. The van der Waals surface area contributed by atoms with Crippen molar-refractivity contribution >= 4 is 15.7 Å². The van der Waals surface area contributed by atoms with Crippen LogP contribution >= 0.6 is 0 Å². The molecule has 0 aliphatic heterocycles. The Bertz CT molecular complexity index is 750. The summed E-state index contributed by atoms with van der Waals surface area (Å²) in [5.41, 5.74) is 1.27. The number of halogens is 1. The molecule has 0 N–H and O–H groups in total. The quantitative estimate of drug-likeness (QED) is 0.814. The molecule has 2 rings (SSSR count). The molecule has 0 aromatic heterocycles. The highest BCUT2D eigenvalue weighted by molar-refractivity contribution is 7.90. The van der Waals surface area contributed by atoms with E-state index in [9.17, 15) is 12.8 Å². The lowest BCUT2D eigenvalue weighted by Gasteiger charge is -2.04. The first-order valence-electron chi connectivity index (χ1n) is 6.03. The molecule has 0 heterocycles. The third-order valence-electron chi connectivity index (χ3n) is 2.84. The molecule has 3 nitrogen and oxygen atoms in total. The molecule has 0 saturated heterocycles.